The zero-order valence-corrected chi connectivity index (χ0v) is 25.9. The molecule has 10 rings (SSSR count). The van der Waals surface area contributed by atoms with E-state index >= 15 is 0 Å². The van der Waals surface area contributed by atoms with Crippen molar-refractivity contribution in [3.63, 3.8) is 0 Å². The van der Waals surface area contributed by atoms with Gasteiger partial charge >= 0.3 is 0 Å². The van der Waals surface area contributed by atoms with Crippen LogP contribution in [-0.2, 0) is 6.42 Å². The molecular weight excluding hydrogens is 587 g/mol. The highest BCUT2D eigenvalue weighted by Gasteiger charge is 2.26. The molecule has 0 spiro atoms. The summed E-state index contributed by atoms with van der Waals surface area (Å²) in [7, 11) is 0. The van der Waals surface area contributed by atoms with Crippen LogP contribution in [0.15, 0.2) is 156 Å². The number of hydrogen-bond acceptors (Lipinski definition) is 3. The van der Waals surface area contributed by atoms with Gasteiger partial charge in [0.25, 0.3) is 0 Å². The summed E-state index contributed by atoms with van der Waals surface area (Å²) in [6, 6.07) is 55.6. The van der Waals surface area contributed by atoms with Gasteiger partial charge in [-0.1, -0.05) is 91.0 Å². The van der Waals surface area contributed by atoms with Gasteiger partial charge in [-0.3, -0.25) is 0 Å². The molecule has 224 valence electrons. The Morgan fingerprint density at radius 3 is 1.94 bits per heavy atom. The molecule has 4 nitrogen and oxygen atoms in total. The van der Waals surface area contributed by atoms with Crippen LogP contribution >= 0.6 is 0 Å². The fourth-order valence-corrected chi connectivity index (χ4v) is 7.63. The lowest BCUT2D eigenvalue weighted by atomic mass is 9.93. The van der Waals surface area contributed by atoms with Crippen molar-refractivity contribution < 1.29 is 4.42 Å². The molecule has 0 fully saturated rings. The number of rotatable bonds is 3. The van der Waals surface area contributed by atoms with Gasteiger partial charge in [0.15, 0.2) is 0 Å². The molecule has 3 heterocycles. The third-order valence-electron chi connectivity index (χ3n) is 9.83. The highest BCUT2D eigenvalue weighted by molar-refractivity contribution is 6.09. The Hall–Kier alpha value is -6.57. The Balaban J connectivity index is 1.07. The first-order chi connectivity index (χ1) is 23.7. The van der Waals surface area contributed by atoms with Crippen LogP contribution in [0.1, 0.15) is 16.7 Å². The lowest BCUT2D eigenvalue weighted by Crippen LogP contribution is -2.18. The molecule has 0 saturated heterocycles. The Bertz CT molecular complexity index is 2720. The second kappa shape index (κ2) is 10.2. The fourth-order valence-electron chi connectivity index (χ4n) is 7.63. The summed E-state index contributed by atoms with van der Waals surface area (Å²) in [5.41, 5.74) is 13.5. The number of furan rings is 1. The van der Waals surface area contributed by atoms with Gasteiger partial charge in [-0.25, -0.2) is 0 Å². The second-order valence-electron chi connectivity index (χ2n) is 12.5. The van der Waals surface area contributed by atoms with Crippen molar-refractivity contribution in [3.8, 4) is 22.9 Å². The first-order valence-corrected chi connectivity index (χ1v) is 16.2. The third-order valence-corrected chi connectivity index (χ3v) is 9.83. The first kappa shape index (κ1) is 26.6. The number of fused-ring (bicyclic) bond motifs is 8. The van der Waals surface area contributed by atoms with E-state index in [9.17, 15) is 5.26 Å². The van der Waals surface area contributed by atoms with E-state index < -0.39 is 0 Å². The summed E-state index contributed by atoms with van der Waals surface area (Å²) < 4.78 is 8.53. The van der Waals surface area contributed by atoms with Crippen molar-refractivity contribution >= 4 is 60.8 Å². The van der Waals surface area contributed by atoms with Gasteiger partial charge in [-0.15, -0.1) is 0 Å². The normalized spacial score (nSPS) is 12.4. The number of anilines is 3. The smallest absolute Gasteiger partial charge is 0.137 e. The molecule has 0 saturated carbocycles. The monoisotopic (exact) mass is 613 g/mol. The van der Waals surface area contributed by atoms with Crippen molar-refractivity contribution in [2.45, 2.75) is 6.42 Å². The summed E-state index contributed by atoms with van der Waals surface area (Å²) in [5, 5.41) is 15.0. The topological polar surface area (TPSA) is 45.1 Å². The average Bonchev–Trinajstić information content (AvgIpc) is 3.68. The van der Waals surface area contributed by atoms with Crippen LogP contribution in [0.3, 0.4) is 0 Å². The largest absolute Gasteiger partial charge is 0.456 e. The van der Waals surface area contributed by atoms with Crippen LogP contribution in [0.25, 0.3) is 60.6 Å². The van der Waals surface area contributed by atoms with Crippen LogP contribution in [0.4, 0.5) is 17.1 Å². The molecule has 0 bridgehead atoms. The van der Waals surface area contributed by atoms with E-state index in [0.717, 1.165) is 67.6 Å². The summed E-state index contributed by atoms with van der Waals surface area (Å²) in [6.07, 6.45) is 0.866. The highest BCUT2D eigenvalue weighted by Crippen LogP contribution is 2.46. The zero-order valence-electron chi connectivity index (χ0n) is 25.9. The van der Waals surface area contributed by atoms with Gasteiger partial charge < -0.3 is 13.9 Å². The Morgan fingerprint density at radius 1 is 0.500 bits per heavy atom. The summed E-state index contributed by atoms with van der Waals surface area (Å²) in [4.78, 5) is 2.34. The quantitative estimate of drug-likeness (QED) is 0.199. The molecular formula is C44H27N3O. The molecule has 4 heteroatoms. The van der Waals surface area contributed by atoms with E-state index in [2.05, 4.69) is 149 Å². The molecule has 0 radical (unpaired) electrons. The number of hydrogen-bond donors (Lipinski definition) is 0. The Labute approximate surface area is 276 Å². The van der Waals surface area contributed by atoms with Gasteiger partial charge in [-0.2, -0.15) is 5.26 Å². The van der Waals surface area contributed by atoms with E-state index in [1.54, 1.807) is 0 Å². The Morgan fingerprint density at radius 2 is 1.17 bits per heavy atom. The minimum absolute atomic E-state index is 0.636. The van der Waals surface area contributed by atoms with E-state index in [-0.39, 0.29) is 0 Å². The Kier molecular flexibility index (Phi) is 5.67. The minimum atomic E-state index is 0.636. The molecule has 0 atom stereocenters. The number of nitriles is 1. The molecule has 48 heavy (non-hydrogen) atoms. The lowest BCUT2D eigenvalue weighted by Gasteiger charge is -2.33. The molecule has 0 amide bonds. The molecule has 0 N–H and O–H groups in total. The number of nitrogens with zero attached hydrogens (tertiary/aromatic N) is 3. The van der Waals surface area contributed by atoms with Crippen LogP contribution in [-0.4, -0.2) is 4.57 Å². The van der Waals surface area contributed by atoms with Crippen LogP contribution in [0.5, 0.6) is 0 Å². The number of benzene rings is 7. The van der Waals surface area contributed by atoms with E-state index in [1.807, 2.05) is 18.2 Å². The van der Waals surface area contributed by atoms with E-state index in [4.69, 9.17) is 4.42 Å². The standard InChI is InChI=1S/C44H27N3O/c45-27-32-23-29(19-22-39(32)47-40-14-6-2-10-34(40)35-11-3-7-15-41(35)47)28-17-20-33(21-18-28)46-38-13-5-1-9-30(38)24-31-25-37-36-12-4-8-16-43(36)48-44(37)26-42(31)46/h1-23,25-26H,24H2. The maximum absolute atomic E-state index is 10.4. The van der Waals surface area contributed by atoms with E-state index in [1.165, 1.54) is 27.6 Å². The predicted molar refractivity (Wildman–Crippen MR) is 196 cm³/mol. The van der Waals surface area contributed by atoms with Crippen LogP contribution in [0.2, 0.25) is 0 Å². The predicted octanol–water partition coefficient (Wildman–Crippen LogP) is 11.6. The molecule has 0 aliphatic carbocycles. The summed E-state index contributed by atoms with van der Waals surface area (Å²) >= 11 is 0. The fraction of sp³-hybridized carbons (Fsp3) is 0.0227. The summed E-state index contributed by atoms with van der Waals surface area (Å²) in [6.45, 7) is 0. The van der Waals surface area contributed by atoms with Gasteiger partial charge in [0.2, 0.25) is 0 Å². The molecule has 2 aromatic heterocycles. The molecule has 0 unspecified atom stereocenters. The maximum atomic E-state index is 10.4. The second-order valence-corrected chi connectivity index (χ2v) is 12.5. The van der Waals surface area contributed by atoms with Gasteiger partial charge in [0.05, 0.1) is 28.0 Å². The zero-order chi connectivity index (χ0) is 31.8. The van der Waals surface area contributed by atoms with Crippen LogP contribution < -0.4 is 4.90 Å². The van der Waals surface area contributed by atoms with Gasteiger partial charge in [-0.05, 0) is 76.9 Å². The SMILES string of the molecule is N#Cc1cc(-c2ccc(N3c4ccccc4Cc4cc5c(cc43)oc3ccccc35)cc2)ccc1-n1c2ccccc2c2ccccc21. The highest BCUT2D eigenvalue weighted by atomic mass is 16.3. The van der Waals surface area contributed by atoms with Crippen LogP contribution in [0, 0.1) is 11.3 Å². The molecule has 1 aliphatic heterocycles. The third kappa shape index (κ3) is 3.89. The molecule has 7 aromatic carbocycles. The van der Waals surface area contributed by atoms with Crippen molar-refractivity contribution in [1.29, 1.82) is 5.26 Å². The number of aromatic nitrogens is 1. The first-order valence-electron chi connectivity index (χ1n) is 16.2. The van der Waals surface area contributed by atoms with Crippen molar-refractivity contribution in [2.75, 3.05) is 4.90 Å². The van der Waals surface area contributed by atoms with Gasteiger partial charge in [0, 0.05) is 45.4 Å². The molecule has 9 aromatic rings. The van der Waals surface area contributed by atoms with Crippen molar-refractivity contribution in [3.05, 3.63) is 168 Å². The lowest BCUT2D eigenvalue weighted by molar-refractivity contribution is 0.669. The van der Waals surface area contributed by atoms with Gasteiger partial charge in [0.1, 0.15) is 17.2 Å². The average molecular weight is 614 g/mol. The minimum Gasteiger partial charge on any atom is -0.456 e. The van der Waals surface area contributed by atoms with Crippen molar-refractivity contribution in [2.24, 2.45) is 0 Å². The summed E-state index contributed by atoms with van der Waals surface area (Å²) in [5.74, 6) is 0. The maximum Gasteiger partial charge on any atom is 0.137 e. The van der Waals surface area contributed by atoms with E-state index in [0.29, 0.717) is 5.56 Å². The molecule has 1 aliphatic rings. The number of para-hydroxylation sites is 4. The van der Waals surface area contributed by atoms with Crippen molar-refractivity contribution in [1.82, 2.24) is 4.57 Å².